The Labute approximate surface area is 329 Å². The third kappa shape index (κ3) is 5.81. The fourth-order valence-corrected chi connectivity index (χ4v) is 8.78. The first-order valence-electron chi connectivity index (χ1n) is 19.5. The van der Waals surface area contributed by atoms with E-state index in [0.29, 0.717) is 0 Å². The van der Waals surface area contributed by atoms with Crippen LogP contribution in [0.4, 0.5) is 17.1 Å². The van der Waals surface area contributed by atoms with Gasteiger partial charge in [0.2, 0.25) is 0 Å². The zero-order valence-corrected chi connectivity index (χ0v) is 31.7. The predicted octanol–water partition coefficient (Wildman–Crippen LogP) is 15.3. The fraction of sp³-hybridized carbons (Fsp3) is 0.0545. The molecule has 0 fully saturated rings. The number of rotatable bonds is 7. The number of hydrogen-bond acceptors (Lipinski definition) is 1. The van der Waals surface area contributed by atoms with Crippen molar-refractivity contribution in [2.45, 2.75) is 19.3 Å². The smallest absolute Gasteiger partial charge is 0.0546 e. The van der Waals surface area contributed by atoms with Crippen molar-refractivity contribution in [1.29, 1.82) is 0 Å². The maximum atomic E-state index is 2.47. The molecule has 1 nitrogen and oxygen atoms in total. The molecular weight excluding hydrogens is 675 g/mol. The maximum absolute atomic E-state index is 2.47. The Bertz CT molecular complexity index is 2850. The highest BCUT2D eigenvalue weighted by atomic mass is 15.1. The minimum Gasteiger partial charge on any atom is -0.310 e. The van der Waals surface area contributed by atoms with E-state index < -0.39 is 0 Å². The van der Waals surface area contributed by atoms with Crippen molar-refractivity contribution in [2.75, 3.05) is 4.90 Å². The first kappa shape index (κ1) is 33.6. The average Bonchev–Trinajstić information content (AvgIpc) is 3.49. The standard InChI is InChI=1S/C55H41N/c1-55(2)51-22-12-11-20-49(51)50-35-34-47(37-52(50)55)56(46-32-30-42(31-33-46)39-16-7-4-8-17-39)53-23-13-21-48(45-29-26-40-18-9-10-19-44(40)36-45)54(53)43-27-24-41(25-28-43)38-14-5-3-6-15-38/h3-37H,1-2H3. The topological polar surface area (TPSA) is 3.24 Å². The summed E-state index contributed by atoms with van der Waals surface area (Å²) >= 11 is 0. The van der Waals surface area contributed by atoms with Gasteiger partial charge in [-0.3, -0.25) is 0 Å². The van der Waals surface area contributed by atoms with Crippen LogP contribution in [0, 0.1) is 0 Å². The Kier molecular flexibility index (Phi) is 8.23. The summed E-state index contributed by atoms with van der Waals surface area (Å²) in [4.78, 5) is 2.47. The molecule has 10 rings (SSSR count). The number of nitrogens with zero attached hydrogens (tertiary/aromatic N) is 1. The van der Waals surface area contributed by atoms with Crippen LogP contribution in [0.1, 0.15) is 25.0 Å². The molecular formula is C55H41N. The Balaban J connectivity index is 1.21. The maximum Gasteiger partial charge on any atom is 0.0546 e. The highest BCUT2D eigenvalue weighted by molar-refractivity contribution is 5.99. The second kappa shape index (κ2) is 13.7. The second-order valence-corrected chi connectivity index (χ2v) is 15.4. The molecule has 0 amide bonds. The van der Waals surface area contributed by atoms with E-state index in [2.05, 4.69) is 231 Å². The van der Waals surface area contributed by atoms with Crippen LogP contribution in [0.25, 0.3) is 66.4 Å². The van der Waals surface area contributed by atoms with Crippen molar-refractivity contribution in [3.63, 3.8) is 0 Å². The second-order valence-electron chi connectivity index (χ2n) is 15.4. The zero-order chi connectivity index (χ0) is 37.6. The van der Waals surface area contributed by atoms with E-state index in [1.165, 1.54) is 77.5 Å². The van der Waals surface area contributed by atoms with E-state index in [-0.39, 0.29) is 5.41 Å². The van der Waals surface area contributed by atoms with E-state index in [9.17, 15) is 0 Å². The van der Waals surface area contributed by atoms with E-state index in [1.54, 1.807) is 0 Å². The van der Waals surface area contributed by atoms with Gasteiger partial charge in [0, 0.05) is 22.4 Å². The van der Waals surface area contributed by atoms with Crippen molar-refractivity contribution in [2.24, 2.45) is 0 Å². The lowest BCUT2D eigenvalue weighted by Gasteiger charge is -2.31. The zero-order valence-electron chi connectivity index (χ0n) is 31.7. The van der Waals surface area contributed by atoms with Gasteiger partial charge in [0.1, 0.15) is 0 Å². The lowest BCUT2D eigenvalue weighted by Crippen LogP contribution is -2.17. The van der Waals surface area contributed by atoms with Gasteiger partial charge >= 0.3 is 0 Å². The summed E-state index contributed by atoms with van der Waals surface area (Å²) in [7, 11) is 0. The first-order valence-corrected chi connectivity index (χ1v) is 19.5. The monoisotopic (exact) mass is 715 g/mol. The van der Waals surface area contributed by atoms with Gasteiger partial charge in [-0.05, 0) is 108 Å². The molecule has 0 aliphatic heterocycles. The Hall–Kier alpha value is -6.96. The molecule has 9 aromatic rings. The molecule has 0 N–H and O–H groups in total. The van der Waals surface area contributed by atoms with Gasteiger partial charge in [-0.1, -0.05) is 190 Å². The van der Waals surface area contributed by atoms with Crippen LogP contribution in [-0.2, 0) is 5.41 Å². The summed E-state index contributed by atoms with van der Waals surface area (Å²) in [6.45, 7) is 4.72. The normalized spacial score (nSPS) is 12.6. The molecule has 0 bridgehead atoms. The van der Waals surface area contributed by atoms with Gasteiger partial charge in [-0.25, -0.2) is 0 Å². The van der Waals surface area contributed by atoms with Crippen molar-refractivity contribution in [1.82, 2.24) is 0 Å². The van der Waals surface area contributed by atoms with Crippen molar-refractivity contribution in [3.8, 4) is 55.6 Å². The van der Waals surface area contributed by atoms with Crippen LogP contribution in [-0.4, -0.2) is 0 Å². The lowest BCUT2D eigenvalue weighted by molar-refractivity contribution is 0.660. The van der Waals surface area contributed by atoms with Gasteiger partial charge in [0.25, 0.3) is 0 Å². The van der Waals surface area contributed by atoms with Crippen LogP contribution >= 0.6 is 0 Å². The molecule has 266 valence electrons. The summed E-state index contributed by atoms with van der Waals surface area (Å²) in [6.07, 6.45) is 0. The molecule has 1 aliphatic rings. The minimum absolute atomic E-state index is 0.131. The van der Waals surface area contributed by atoms with E-state index >= 15 is 0 Å². The number of fused-ring (bicyclic) bond motifs is 4. The Morgan fingerprint density at radius 2 is 0.839 bits per heavy atom. The largest absolute Gasteiger partial charge is 0.310 e. The van der Waals surface area contributed by atoms with Crippen molar-refractivity contribution in [3.05, 3.63) is 223 Å². The van der Waals surface area contributed by atoms with Crippen LogP contribution in [0.5, 0.6) is 0 Å². The minimum atomic E-state index is -0.131. The Morgan fingerprint density at radius 3 is 1.55 bits per heavy atom. The van der Waals surface area contributed by atoms with E-state index in [4.69, 9.17) is 0 Å². The van der Waals surface area contributed by atoms with Gasteiger partial charge in [-0.15, -0.1) is 0 Å². The van der Waals surface area contributed by atoms with Gasteiger partial charge in [0.05, 0.1) is 5.69 Å². The fourth-order valence-electron chi connectivity index (χ4n) is 8.78. The third-order valence-electron chi connectivity index (χ3n) is 11.7. The molecule has 0 heterocycles. The van der Waals surface area contributed by atoms with Crippen LogP contribution in [0.2, 0.25) is 0 Å². The Morgan fingerprint density at radius 1 is 0.321 bits per heavy atom. The summed E-state index contributed by atoms with van der Waals surface area (Å²) in [5.74, 6) is 0. The lowest BCUT2D eigenvalue weighted by atomic mass is 9.82. The molecule has 0 saturated heterocycles. The summed E-state index contributed by atoms with van der Waals surface area (Å²) < 4.78 is 0. The number of hydrogen-bond donors (Lipinski definition) is 0. The molecule has 56 heavy (non-hydrogen) atoms. The highest BCUT2D eigenvalue weighted by Gasteiger charge is 2.36. The molecule has 1 aliphatic carbocycles. The average molecular weight is 716 g/mol. The van der Waals surface area contributed by atoms with Crippen molar-refractivity contribution >= 4 is 27.8 Å². The molecule has 0 spiro atoms. The molecule has 0 aromatic heterocycles. The summed E-state index contributed by atoms with van der Waals surface area (Å²) in [5, 5.41) is 2.47. The summed E-state index contributed by atoms with van der Waals surface area (Å²) in [5.41, 5.74) is 18.2. The molecule has 9 aromatic carbocycles. The molecule has 0 radical (unpaired) electrons. The van der Waals surface area contributed by atoms with Gasteiger partial charge < -0.3 is 4.90 Å². The molecule has 0 saturated carbocycles. The quantitative estimate of drug-likeness (QED) is 0.159. The predicted molar refractivity (Wildman–Crippen MR) is 238 cm³/mol. The third-order valence-corrected chi connectivity index (χ3v) is 11.7. The molecule has 0 atom stereocenters. The van der Waals surface area contributed by atoms with Crippen LogP contribution in [0.15, 0.2) is 212 Å². The van der Waals surface area contributed by atoms with Crippen LogP contribution in [0.3, 0.4) is 0 Å². The number of benzene rings is 9. The highest BCUT2D eigenvalue weighted by Crippen LogP contribution is 2.52. The van der Waals surface area contributed by atoms with Gasteiger partial charge in [-0.2, -0.15) is 0 Å². The number of anilines is 3. The van der Waals surface area contributed by atoms with Crippen LogP contribution < -0.4 is 4.90 Å². The van der Waals surface area contributed by atoms with Crippen molar-refractivity contribution < 1.29 is 0 Å². The first-order chi connectivity index (χ1) is 27.5. The van der Waals surface area contributed by atoms with E-state index in [1.807, 2.05) is 0 Å². The SMILES string of the molecule is CC1(C)c2ccccc2-c2ccc(N(c3ccc(-c4ccccc4)cc3)c3cccc(-c4ccc5ccccc5c4)c3-c3ccc(-c4ccccc4)cc3)cc21. The molecule has 1 heteroatoms. The molecule has 0 unspecified atom stereocenters. The van der Waals surface area contributed by atoms with E-state index in [0.717, 1.165) is 17.1 Å². The van der Waals surface area contributed by atoms with Gasteiger partial charge in [0.15, 0.2) is 0 Å². The summed E-state index contributed by atoms with van der Waals surface area (Å²) in [6, 6.07) is 77.7.